The van der Waals surface area contributed by atoms with Gasteiger partial charge in [0.15, 0.2) is 0 Å². The molecule has 0 N–H and O–H groups in total. The lowest BCUT2D eigenvalue weighted by atomic mass is 9.74. The smallest absolute Gasteiger partial charge is 0.258 e. The molecule has 1 saturated heterocycles. The minimum absolute atomic E-state index is 0.00737. The molecule has 3 aromatic rings. The zero-order valence-corrected chi connectivity index (χ0v) is 19.7. The summed E-state index contributed by atoms with van der Waals surface area (Å²) in [5, 5.41) is 0.959. The number of rotatable bonds is 3. The van der Waals surface area contributed by atoms with Gasteiger partial charge in [-0.2, -0.15) is 0 Å². The van der Waals surface area contributed by atoms with Crippen LogP contribution in [0.25, 0.3) is 0 Å². The van der Waals surface area contributed by atoms with Gasteiger partial charge in [-0.3, -0.25) is 9.69 Å². The summed E-state index contributed by atoms with van der Waals surface area (Å²) in [4.78, 5) is 18.0. The maximum absolute atomic E-state index is 13.5. The highest BCUT2D eigenvalue weighted by Gasteiger charge is 2.46. The fourth-order valence-corrected chi connectivity index (χ4v) is 5.73. The van der Waals surface area contributed by atoms with Crippen molar-refractivity contribution in [3.05, 3.63) is 99.0 Å². The van der Waals surface area contributed by atoms with E-state index in [0.717, 1.165) is 38.2 Å². The van der Waals surface area contributed by atoms with E-state index >= 15 is 0 Å². The van der Waals surface area contributed by atoms with Crippen molar-refractivity contribution in [2.45, 2.75) is 31.7 Å². The van der Waals surface area contributed by atoms with Crippen LogP contribution >= 0.6 is 23.2 Å². The quantitative estimate of drug-likeness (QED) is 0.441. The number of benzene rings is 3. The van der Waals surface area contributed by atoms with Crippen molar-refractivity contribution in [2.24, 2.45) is 0 Å². The van der Waals surface area contributed by atoms with Gasteiger partial charge in [-0.05, 0) is 68.2 Å². The second-order valence-corrected chi connectivity index (χ2v) is 9.98. The number of amides is 1. The molecular weight excluding hydrogens is 439 g/mol. The molecule has 1 spiro atoms. The number of likely N-dealkylation sites (tertiary alicyclic amines) is 1. The number of aryl methyl sites for hydroxylation is 1. The van der Waals surface area contributed by atoms with E-state index in [9.17, 15) is 4.79 Å². The fourth-order valence-electron chi connectivity index (χ4n) is 5.21. The minimum atomic E-state index is -0.0388. The molecule has 164 valence electrons. The Labute approximate surface area is 199 Å². The Morgan fingerprint density at radius 1 is 0.938 bits per heavy atom. The number of carbonyl (C=O) groups excluding carboxylic acids is 1. The molecule has 0 aliphatic carbocycles. The molecule has 2 heterocycles. The van der Waals surface area contributed by atoms with E-state index in [1.165, 1.54) is 16.7 Å². The van der Waals surface area contributed by atoms with Crippen molar-refractivity contribution in [3.8, 4) is 0 Å². The Hall–Kier alpha value is -2.33. The first-order chi connectivity index (χ1) is 15.4. The van der Waals surface area contributed by atoms with Gasteiger partial charge in [0, 0.05) is 39.8 Å². The molecule has 0 radical (unpaired) electrons. The summed E-state index contributed by atoms with van der Waals surface area (Å²) in [7, 11) is 0. The Bertz CT molecular complexity index is 1130. The van der Waals surface area contributed by atoms with Gasteiger partial charge >= 0.3 is 0 Å². The van der Waals surface area contributed by atoms with Gasteiger partial charge < -0.3 is 4.90 Å². The van der Waals surface area contributed by atoms with Crippen molar-refractivity contribution in [1.29, 1.82) is 0 Å². The molecule has 5 rings (SSSR count). The van der Waals surface area contributed by atoms with Crippen LogP contribution in [0.1, 0.15) is 39.9 Å². The monoisotopic (exact) mass is 464 g/mol. The highest BCUT2D eigenvalue weighted by molar-refractivity contribution is 6.35. The van der Waals surface area contributed by atoms with Gasteiger partial charge in [0.05, 0.1) is 0 Å². The Kier molecular flexibility index (Phi) is 5.75. The third-order valence-electron chi connectivity index (χ3n) is 6.89. The summed E-state index contributed by atoms with van der Waals surface area (Å²) in [6, 6.07) is 22.2. The van der Waals surface area contributed by atoms with E-state index in [0.29, 0.717) is 22.2 Å². The summed E-state index contributed by atoms with van der Waals surface area (Å²) in [6.07, 6.45) is 2.08. The summed E-state index contributed by atoms with van der Waals surface area (Å²) in [5.74, 6) is -0.0388. The lowest BCUT2D eigenvalue weighted by Gasteiger charge is -2.40. The molecule has 1 fully saturated rings. The van der Waals surface area contributed by atoms with Crippen LogP contribution in [0.3, 0.4) is 0 Å². The highest BCUT2D eigenvalue weighted by atomic mass is 35.5. The predicted molar refractivity (Wildman–Crippen MR) is 132 cm³/mol. The van der Waals surface area contributed by atoms with Crippen LogP contribution < -0.4 is 4.90 Å². The third kappa shape index (κ3) is 4.05. The van der Waals surface area contributed by atoms with E-state index in [1.807, 2.05) is 4.90 Å². The second-order valence-electron chi connectivity index (χ2n) is 9.11. The molecule has 3 aromatic carbocycles. The van der Waals surface area contributed by atoms with E-state index in [-0.39, 0.29) is 11.3 Å². The number of hydrogen-bond acceptors (Lipinski definition) is 2. The first-order valence-electron chi connectivity index (χ1n) is 11.1. The molecule has 0 atom stereocenters. The molecule has 2 aliphatic heterocycles. The summed E-state index contributed by atoms with van der Waals surface area (Å²) in [6.45, 7) is 5.84. The van der Waals surface area contributed by atoms with Crippen LogP contribution in [-0.4, -0.2) is 30.4 Å². The molecule has 0 aromatic heterocycles. The Morgan fingerprint density at radius 3 is 2.31 bits per heavy atom. The molecule has 0 saturated carbocycles. The Morgan fingerprint density at radius 2 is 1.62 bits per heavy atom. The minimum Gasteiger partial charge on any atom is -0.307 e. The SMILES string of the molecule is Cc1ccc2c(c1)C1(CCN(Cc3ccccc3)CC1)CN2C(=O)c1cc(Cl)cc(Cl)c1. The first-order valence-corrected chi connectivity index (χ1v) is 11.8. The largest absolute Gasteiger partial charge is 0.307 e. The van der Waals surface area contributed by atoms with E-state index in [2.05, 4.69) is 60.4 Å². The number of anilines is 1. The summed E-state index contributed by atoms with van der Waals surface area (Å²) >= 11 is 12.4. The van der Waals surface area contributed by atoms with Gasteiger partial charge in [0.25, 0.3) is 5.91 Å². The van der Waals surface area contributed by atoms with Crippen molar-refractivity contribution < 1.29 is 4.79 Å². The first kappa shape index (κ1) is 21.5. The van der Waals surface area contributed by atoms with Crippen molar-refractivity contribution >= 4 is 34.8 Å². The zero-order valence-electron chi connectivity index (χ0n) is 18.2. The van der Waals surface area contributed by atoms with Crippen LogP contribution in [0, 0.1) is 6.92 Å². The van der Waals surface area contributed by atoms with Gasteiger partial charge in [0.1, 0.15) is 0 Å². The van der Waals surface area contributed by atoms with Crippen molar-refractivity contribution in [1.82, 2.24) is 4.90 Å². The standard InChI is InChI=1S/C27H26Cl2N2O/c1-19-7-8-25-24(13-19)27(9-11-30(12-10-27)17-20-5-3-2-4-6-20)18-31(25)26(32)21-14-22(28)16-23(29)15-21/h2-8,13-16H,9-12,17-18H2,1H3. The van der Waals surface area contributed by atoms with Gasteiger partial charge in [-0.1, -0.05) is 71.2 Å². The number of hydrogen-bond donors (Lipinski definition) is 0. The average molecular weight is 465 g/mol. The predicted octanol–water partition coefficient (Wildman–Crippen LogP) is 6.50. The molecular formula is C27H26Cl2N2O. The maximum atomic E-state index is 13.5. The number of fused-ring (bicyclic) bond motifs is 2. The van der Waals surface area contributed by atoms with Crippen LogP contribution in [0.2, 0.25) is 10.0 Å². The topological polar surface area (TPSA) is 23.6 Å². The van der Waals surface area contributed by atoms with Crippen molar-refractivity contribution in [3.63, 3.8) is 0 Å². The third-order valence-corrected chi connectivity index (χ3v) is 7.33. The summed E-state index contributed by atoms with van der Waals surface area (Å²) < 4.78 is 0. The second kappa shape index (κ2) is 8.55. The van der Waals surface area contributed by atoms with Gasteiger partial charge in [-0.25, -0.2) is 0 Å². The summed E-state index contributed by atoms with van der Waals surface area (Å²) in [5.41, 5.74) is 5.43. The van der Waals surface area contributed by atoms with Crippen molar-refractivity contribution in [2.75, 3.05) is 24.5 Å². The molecule has 1 amide bonds. The number of nitrogens with zero attached hydrogens (tertiary/aromatic N) is 2. The van der Waals surface area contributed by atoms with E-state index < -0.39 is 0 Å². The molecule has 0 unspecified atom stereocenters. The maximum Gasteiger partial charge on any atom is 0.258 e. The lowest BCUT2D eigenvalue weighted by molar-refractivity contribution is 0.0975. The van der Waals surface area contributed by atoms with Crippen LogP contribution in [0.4, 0.5) is 5.69 Å². The number of piperidine rings is 1. The molecule has 2 aliphatic rings. The van der Waals surface area contributed by atoms with Gasteiger partial charge in [-0.15, -0.1) is 0 Å². The molecule has 32 heavy (non-hydrogen) atoms. The number of carbonyl (C=O) groups is 1. The Balaban J connectivity index is 1.41. The molecule has 0 bridgehead atoms. The van der Waals surface area contributed by atoms with E-state index in [4.69, 9.17) is 23.2 Å². The normalized spacial score (nSPS) is 17.5. The lowest BCUT2D eigenvalue weighted by Crippen LogP contribution is -2.45. The zero-order chi connectivity index (χ0) is 22.3. The van der Waals surface area contributed by atoms with Crippen LogP contribution in [0.5, 0.6) is 0 Å². The van der Waals surface area contributed by atoms with Crippen LogP contribution in [0.15, 0.2) is 66.7 Å². The average Bonchev–Trinajstić information content (AvgIpc) is 3.08. The molecule has 5 heteroatoms. The van der Waals surface area contributed by atoms with Crippen LogP contribution in [-0.2, 0) is 12.0 Å². The fraction of sp³-hybridized carbons (Fsp3) is 0.296. The van der Waals surface area contributed by atoms with Gasteiger partial charge in [0.2, 0.25) is 0 Å². The molecule has 3 nitrogen and oxygen atoms in total. The number of halogens is 2. The van der Waals surface area contributed by atoms with E-state index in [1.54, 1.807) is 18.2 Å². The highest BCUT2D eigenvalue weighted by Crippen LogP contribution is 2.48.